The molecule has 2 aliphatic rings. The summed E-state index contributed by atoms with van der Waals surface area (Å²) in [6.07, 6.45) is 7.05. The Labute approximate surface area is 191 Å². The van der Waals surface area contributed by atoms with Gasteiger partial charge in [-0.15, -0.1) is 0 Å². The van der Waals surface area contributed by atoms with Crippen molar-refractivity contribution in [3.63, 3.8) is 0 Å². The van der Waals surface area contributed by atoms with E-state index in [2.05, 4.69) is 34.9 Å². The highest BCUT2D eigenvalue weighted by atomic mass is 16.5. The Morgan fingerprint density at radius 2 is 1.75 bits per heavy atom. The van der Waals surface area contributed by atoms with Gasteiger partial charge in [-0.3, -0.25) is 14.0 Å². The second kappa shape index (κ2) is 10.9. The first-order valence-corrected chi connectivity index (χ1v) is 12.4. The molecule has 1 aromatic heterocycles. The maximum Gasteiger partial charge on any atom is 0.331 e. The number of unbranched alkanes of at least 4 members (excludes halogenated alkanes) is 2. The number of nitrogens with zero attached hydrogens (tertiary/aromatic N) is 4. The largest absolute Gasteiger partial charge is 0.493 e. The van der Waals surface area contributed by atoms with E-state index in [0.717, 1.165) is 102 Å². The molecule has 176 valence electrons. The lowest BCUT2D eigenvalue weighted by Gasteiger charge is -2.36. The van der Waals surface area contributed by atoms with Gasteiger partial charge < -0.3 is 14.7 Å². The molecule has 7 heteroatoms. The average molecular weight is 443 g/mol. The van der Waals surface area contributed by atoms with Gasteiger partial charge in [-0.05, 0) is 57.2 Å². The SMILES string of the molecule is CCCCOc1ccccc1N1CCN(CCCCn2c(O)c3n(c2=O)CCCC3)CC1. The number of hydrogen-bond acceptors (Lipinski definition) is 5. The van der Waals surface area contributed by atoms with Gasteiger partial charge >= 0.3 is 5.69 Å². The monoisotopic (exact) mass is 442 g/mol. The Bertz CT molecular complexity index is 928. The van der Waals surface area contributed by atoms with Gasteiger partial charge in [0, 0.05) is 39.3 Å². The Morgan fingerprint density at radius 1 is 0.969 bits per heavy atom. The zero-order valence-electron chi connectivity index (χ0n) is 19.5. The lowest BCUT2D eigenvalue weighted by molar-refractivity contribution is 0.248. The highest BCUT2D eigenvalue weighted by Crippen LogP contribution is 2.29. The lowest BCUT2D eigenvalue weighted by atomic mass is 10.1. The van der Waals surface area contributed by atoms with E-state index in [1.807, 2.05) is 6.07 Å². The molecule has 1 saturated heterocycles. The lowest BCUT2D eigenvalue weighted by Crippen LogP contribution is -2.46. The molecule has 0 saturated carbocycles. The van der Waals surface area contributed by atoms with Crippen molar-refractivity contribution in [3.05, 3.63) is 40.4 Å². The molecule has 0 atom stereocenters. The highest BCUT2D eigenvalue weighted by Gasteiger charge is 2.22. The molecule has 7 nitrogen and oxygen atoms in total. The first-order valence-electron chi connectivity index (χ1n) is 12.4. The van der Waals surface area contributed by atoms with Crippen LogP contribution in [0.1, 0.15) is 51.1 Å². The van der Waals surface area contributed by atoms with Gasteiger partial charge in [0.2, 0.25) is 5.88 Å². The van der Waals surface area contributed by atoms with Crippen LogP contribution < -0.4 is 15.3 Å². The number of benzene rings is 1. The maximum absolute atomic E-state index is 12.6. The first-order chi connectivity index (χ1) is 15.7. The third-order valence-corrected chi connectivity index (χ3v) is 6.79. The predicted octanol–water partition coefficient (Wildman–Crippen LogP) is 3.47. The summed E-state index contributed by atoms with van der Waals surface area (Å²) in [6, 6.07) is 8.38. The standard InChI is InChI=1S/C25H38N4O3/c1-2-3-20-32-23-12-5-4-10-21(23)27-18-16-26(17-19-27)13-8-9-15-29-24(30)22-11-6-7-14-28(22)25(29)31/h4-5,10,12,30H,2-3,6-9,11,13-20H2,1H3. The number of para-hydroxylation sites is 2. The van der Waals surface area contributed by atoms with Crippen molar-refractivity contribution in [1.82, 2.24) is 14.0 Å². The summed E-state index contributed by atoms with van der Waals surface area (Å²) in [5.74, 6) is 1.19. The van der Waals surface area contributed by atoms with E-state index in [1.165, 1.54) is 5.69 Å². The smallest absolute Gasteiger partial charge is 0.331 e. The normalized spacial score (nSPS) is 16.8. The average Bonchev–Trinajstić information content (AvgIpc) is 3.08. The van der Waals surface area contributed by atoms with Crippen LogP contribution in [0.15, 0.2) is 29.1 Å². The number of hydrogen-bond donors (Lipinski definition) is 1. The van der Waals surface area contributed by atoms with Crippen molar-refractivity contribution in [3.8, 4) is 11.6 Å². The third-order valence-electron chi connectivity index (χ3n) is 6.79. The van der Waals surface area contributed by atoms with E-state index in [0.29, 0.717) is 6.54 Å². The molecule has 0 aliphatic carbocycles. The second-order valence-electron chi connectivity index (χ2n) is 9.02. The van der Waals surface area contributed by atoms with Gasteiger partial charge in [-0.25, -0.2) is 4.79 Å². The van der Waals surface area contributed by atoms with Gasteiger partial charge in [0.25, 0.3) is 0 Å². The van der Waals surface area contributed by atoms with Crippen LogP contribution in [-0.2, 0) is 19.5 Å². The zero-order valence-corrected chi connectivity index (χ0v) is 19.5. The third kappa shape index (κ3) is 5.14. The van der Waals surface area contributed by atoms with Crippen LogP contribution >= 0.6 is 0 Å². The topological polar surface area (TPSA) is 62.9 Å². The summed E-state index contributed by atoms with van der Waals surface area (Å²) in [6.45, 7) is 9.41. The second-order valence-corrected chi connectivity index (χ2v) is 9.02. The summed E-state index contributed by atoms with van der Waals surface area (Å²) >= 11 is 0. The first kappa shape index (κ1) is 22.8. The molecule has 0 amide bonds. The number of rotatable bonds is 10. The quantitative estimate of drug-likeness (QED) is 0.571. The molecule has 3 heterocycles. The van der Waals surface area contributed by atoms with Crippen molar-refractivity contribution in [1.29, 1.82) is 0 Å². The molecule has 2 aromatic rings. The predicted molar refractivity (Wildman–Crippen MR) is 128 cm³/mol. The molecular weight excluding hydrogens is 404 g/mol. The molecule has 4 rings (SSSR count). The zero-order chi connectivity index (χ0) is 22.3. The van der Waals surface area contributed by atoms with E-state index < -0.39 is 0 Å². The fourth-order valence-electron chi connectivity index (χ4n) is 4.85. The number of ether oxygens (including phenoxy) is 1. The van der Waals surface area contributed by atoms with E-state index in [4.69, 9.17) is 4.74 Å². The Morgan fingerprint density at radius 3 is 2.53 bits per heavy atom. The molecule has 1 fully saturated rings. The Balaban J connectivity index is 1.22. The maximum atomic E-state index is 12.6. The molecule has 0 bridgehead atoms. The molecule has 32 heavy (non-hydrogen) atoms. The summed E-state index contributed by atoms with van der Waals surface area (Å²) in [5.41, 5.74) is 2.00. The van der Waals surface area contributed by atoms with E-state index >= 15 is 0 Å². The Kier molecular flexibility index (Phi) is 7.79. The number of piperazine rings is 1. The number of imidazole rings is 1. The minimum Gasteiger partial charge on any atom is -0.493 e. The van der Waals surface area contributed by atoms with Crippen LogP contribution in [0.3, 0.4) is 0 Å². The van der Waals surface area contributed by atoms with Crippen LogP contribution in [0.5, 0.6) is 11.6 Å². The minimum absolute atomic E-state index is 0.0364. The fraction of sp³-hybridized carbons (Fsp3) is 0.640. The van der Waals surface area contributed by atoms with Crippen LogP contribution in [0.25, 0.3) is 0 Å². The van der Waals surface area contributed by atoms with E-state index in [-0.39, 0.29) is 11.6 Å². The van der Waals surface area contributed by atoms with Crippen molar-refractivity contribution in [2.45, 2.75) is 65.0 Å². The van der Waals surface area contributed by atoms with Crippen molar-refractivity contribution in [2.75, 3.05) is 44.2 Å². The van der Waals surface area contributed by atoms with E-state index in [1.54, 1.807) is 9.13 Å². The van der Waals surface area contributed by atoms with Crippen LogP contribution in [0.2, 0.25) is 0 Å². The number of fused-ring (bicyclic) bond motifs is 1. The summed E-state index contributed by atoms with van der Waals surface area (Å²) in [5, 5.41) is 10.4. The molecule has 0 unspecified atom stereocenters. The van der Waals surface area contributed by atoms with Crippen molar-refractivity contribution in [2.24, 2.45) is 0 Å². The van der Waals surface area contributed by atoms with Crippen LogP contribution in [0.4, 0.5) is 5.69 Å². The molecule has 2 aliphatic heterocycles. The fourth-order valence-corrected chi connectivity index (χ4v) is 4.85. The summed E-state index contributed by atoms with van der Waals surface area (Å²) in [4.78, 5) is 17.5. The molecular formula is C25H38N4O3. The number of anilines is 1. The van der Waals surface area contributed by atoms with Gasteiger partial charge in [-0.2, -0.15) is 0 Å². The van der Waals surface area contributed by atoms with Crippen LogP contribution in [0, 0.1) is 0 Å². The van der Waals surface area contributed by atoms with Gasteiger partial charge in [0.15, 0.2) is 0 Å². The van der Waals surface area contributed by atoms with Crippen molar-refractivity contribution >= 4 is 5.69 Å². The van der Waals surface area contributed by atoms with Gasteiger partial charge in [0.1, 0.15) is 5.75 Å². The summed E-state index contributed by atoms with van der Waals surface area (Å²) < 4.78 is 9.37. The van der Waals surface area contributed by atoms with E-state index in [9.17, 15) is 9.90 Å². The van der Waals surface area contributed by atoms with Gasteiger partial charge in [-0.1, -0.05) is 25.5 Å². The van der Waals surface area contributed by atoms with Crippen molar-refractivity contribution < 1.29 is 9.84 Å². The molecule has 1 N–H and O–H groups in total. The summed E-state index contributed by atoms with van der Waals surface area (Å²) in [7, 11) is 0. The Hall–Kier alpha value is -2.41. The number of aromatic hydroxyl groups is 1. The molecule has 1 aromatic carbocycles. The highest BCUT2D eigenvalue weighted by molar-refractivity contribution is 5.58. The van der Waals surface area contributed by atoms with Gasteiger partial charge in [0.05, 0.1) is 18.0 Å². The molecule has 0 radical (unpaired) electrons. The van der Waals surface area contributed by atoms with Crippen LogP contribution in [-0.4, -0.2) is 58.5 Å². The minimum atomic E-state index is -0.0364. The number of aromatic nitrogens is 2. The molecule has 0 spiro atoms.